The molecule has 3 nitrogen and oxygen atoms in total. The van der Waals surface area contributed by atoms with Gasteiger partial charge < -0.3 is 10.1 Å². The van der Waals surface area contributed by atoms with E-state index >= 15 is 0 Å². The van der Waals surface area contributed by atoms with Gasteiger partial charge in [-0.05, 0) is 19.8 Å². The predicted octanol–water partition coefficient (Wildman–Crippen LogP) is 3.24. The molecule has 0 bridgehead atoms. The molecule has 0 aliphatic heterocycles. The highest BCUT2D eigenvalue weighted by Gasteiger charge is 2.34. The molecule has 1 N–H and O–H groups in total. The van der Waals surface area contributed by atoms with Crippen LogP contribution in [0.15, 0.2) is 5.38 Å². The fourth-order valence-electron chi connectivity index (χ4n) is 2.76. The maximum atomic E-state index is 5.17. The fraction of sp³-hybridized carbons (Fsp3) is 0.786. The molecule has 0 spiro atoms. The second-order valence-electron chi connectivity index (χ2n) is 5.21. The molecular weight excluding hydrogens is 244 g/mol. The average molecular weight is 268 g/mol. The molecule has 2 rings (SSSR count). The van der Waals surface area contributed by atoms with E-state index in [-0.39, 0.29) is 5.54 Å². The third-order valence-corrected chi connectivity index (χ3v) is 4.92. The fourth-order valence-corrected chi connectivity index (χ4v) is 3.80. The SMILES string of the molecule is COCCNC1(c2nc(C)cs2)CCCCCC1. The van der Waals surface area contributed by atoms with Crippen molar-refractivity contribution in [1.82, 2.24) is 10.3 Å². The summed E-state index contributed by atoms with van der Waals surface area (Å²) >= 11 is 1.81. The molecule has 1 aromatic rings. The van der Waals surface area contributed by atoms with Gasteiger partial charge in [0.15, 0.2) is 0 Å². The average Bonchev–Trinajstić information content (AvgIpc) is 2.66. The predicted molar refractivity (Wildman–Crippen MR) is 76.1 cm³/mol. The van der Waals surface area contributed by atoms with Crippen molar-refractivity contribution in [2.24, 2.45) is 0 Å². The molecule has 1 fully saturated rings. The van der Waals surface area contributed by atoms with Crippen LogP contribution in [0, 0.1) is 6.92 Å². The lowest BCUT2D eigenvalue weighted by Crippen LogP contribution is -2.43. The molecule has 0 atom stereocenters. The summed E-state index contributed by atoms with van der Waals surface area (Å²) < 4.78 is 5.17. The lowest BCUT2D eigenvalue weighted by molar-refractivity contribution is 0.177. The summed E-state index contributed by atoms with van der Waals surface area (Å²) in [7, 11) is 1.76. The highest BCUT2D eigenvalue weighted by Crippen LogP contribution is 2.37. The first-order valence-electron chi connectivity index (χ1n) is 6.93. The van der Waals surface area contributed by atoms with Gasteiger partial charge in [0.05, 0.1) is 12.1 Å². The molecule has 1 aromatic heterocycles. The van der Waals surface area contributed by atoms with Crippen LogP contribution < -0.4 is 5.32 Å². The lowest BCUT2D eigenvalue weighted by Gasteiger charge is -2.32. The number of methoxy groups -OCH3 is 1. The van der Waals surface area contributed by atoms with Crippen LogP contribution in [0.25, 0.3) is 0 Å². The van der Waals surface area contributed by atoms with Crippen LogP contribution in [0.2, 0.25) is 0 Å². The number of aryl methyl sites for hydroxylation is 1. The number of hydrogen-bond donors (Lipinski definition) is 1. The summed E-state index contributed by atoms with van der Waals surface area (Å²) in [5.41, 5.74) is 1.25. The number of nitrogens with zero attached hydrogens (tertiary/aromatic N) is 1. The molecule has 1 aliphatic rings. The van der Waals surface area contributed by atoms with Crippen LogP contribution in [-0.4, -0.2) is 25.2 Å². The zero-order valence-electron chi connectivity index (χ0n) is 11.5. The Morgan fingerprint density at radius 1 is 1.33 bits per heavy atom. The molecular formula is C14H24N2OS. The Morgan fingerprint density at radius 3 is 2.61 bits per heavy atom. The number of thiazole rings is 1. The summed E-state index contributed by atoms with van der Waals surface area (Å²) in [5.74, 6) is 0. The number of ether oxygens (including phenoxy) is 1. The Balaban J connectivity index is 2.14. The van der Waals surface area contributed by atoms with E-state index in [0.29, 0.717) is 0 Å². The number of nitrogens with one attached hydrogen (secondary N) is 1. The van der Waals surface area contributed by atoms with E-state index in [1.54, 1.807) is 7.11 Å². The van der Waals surface area contributed by atoms with Crippen molar-refractivity contribution in [3.8, 4) is 0 Å². The molecule has 0 amide bonds. The summed E-state index contributed by atoms with van der Waals surface area (Å²) in [4.78, 5) is 4.74. The second-order valence-corrected chi connectivity index (χ2v) is 6.07. The minimum Gasteiger partial charge on any atom is -0.383 e. The zero-order valence-corrected chi connectivity index (χ0v) is 12.3. The van der Waals surface area contributed by atoms with Crippen LogP contribution >= 0.6 is 11.3 Å². The van der Waals surface area contributed by atoms with Gasteiger partial charge in [0.2, 0.25) is 0 Å². The van der Waals surface area contributed by atoms with Crippen molar-refractivity contribution in [3.05, 3.63) is 16.1 Å². The summed E-state index contributed by atoms with van der Waals surface area (Å²) in [6.45, 7) is 3.76. The molecule has 0 aromatic carbocycles. The molecule has 1 heterocycles. The van der Waals surface area contributed by atoms with Crippen LogP contribution in [0.1, 0.15) is 49.2 Å². The minimum atomic E-state index is 0.105. The molecule has 4 heteroatoms. The van der Waals surface area contributed by atoms with Crippen LogP contribution in [0.5, 0.6) is 0 Å². The van der Waals surface area contributed by atoms with E-state index in [1.165, 1.54) is 43.5 Å². The lowest BCUT2D eigenvalue weighted by atomic mass is 9.90. The van der Waals surface area contributed by atoms with Crippen molar-refractivity contribution in [2.45, 2.75) is 51.0 Å². The topological polar surface area (TPSA) is 34.1 Å². The third kappa shape index (κ3) is 3.31. The van der Waals surface area contributed by atoms with Crippen molar-refractivity contribution in [1.29, 1.82) is 0 Å². The van der Waals surface area contributed by atoms with E-state index in [4.69, 9.17) is 9.72 Å². The van der Waals surface area contributed by atoms with Gasteiger partial charge in [0, 0.05) is 24.7 Å². The number of aromatic nitrogens is 1. The summed E-state index contributed by atoms with van der Waals surface area (Å²) in [6, 6.07) is 0. The van der Waals surface area contributed by atoms with Crippen molar-refractivity contribution >= 4 is 11.3 Å². The third-order valence-electron chi connectivity index (χ3n) is 3.76. The molecule has 0 unspecified atom stereocenters. The van der Waals surface area contributed by atoms with Gasteiger partial charge >= 0.3 is 0 Å². The monoisotopic (exact) mass is 268 g/mol. The van der Waals surface area contributed by atoms with E-state index in [1.807, 2.05) is 11.3 Å². The first kappa shape index (κ1) is 14.0. The Bertz CT molecular complexity index is 356. The molecule has 1 aliphatic carbocycles. The van der Waals surface area contributed by atoms with Gasteiger partial charge in [-0.2, -0.15) is 0 Å². The highest BCUT2D eigenvalue weighted by molar-refractivity contribution is 7.09. The van der Waals surface area contributed by atoms with E-state index in [9.17, 15) is 0 Å². The van der Waals surface area contributed by atoms with Crippen LogP contribution in [0.4, 0.5) is 0 Å². The van der Waals surface area contributed by atoms with Gasteiger partial charge in [-0.3, -0.25) is 0 Å². The van der Waals surface area contributed by atoms with E-state index < -0.39 is 0 Å². The van der Waals surface area contributed by atoms with Crippen molar-refractivity contribution in [3.63, 3.8) is 0 Å². The first-order chi connectivity index (χ1) is 8.77. The van der Waals surface area contributed by atoms with Gasteiger partial charge in [-0.25, -0.2) is 4.98 Å². The maximum Gasteiger partial charge on any atom is 0.113 e. The van der Waals surface area contributed by atoms with Crippen molar-refractivity contribution in [2.75, 3.05) is 20.3 Å². The summed E-state index contributed by atoms with van der Waals surface area (Å²) in [6.07, 6.45) is 7.75. The molecule has 0 radical (unpaired) electrons. The van der Waals surface area contributed by atoms with Crippen LogP contribution in [0.3, 0.4) is 0 Å². The zero-order chi connectivity index (χ0) is 12.8. The molecule has 0 saturated heterocycles. The second kappa shape index (κ2) is 6.64. The Hall–Kier alpha value is -0.450. The van der Waals surface area contributed by atoms with Gasteiger partial charge in [-0.15, -0.1) is 11.3 Å². The maximum absolute atomic E-state index is 5.17. The number of hydrogen-bond acceptors (Lipinski definition) is 4. The quantitative estimate of drug-likeness (QED) is 0.657. The van der Waals surface area contributed by atoms with Crippen LogP contribution in [-0.2, 0) is 10.3 Å². The normalized spacial score (nSPS) is 19.7. The van der Waals surface area contributed by atoms with Gasteiger partial charge in [-0.1, -0.05) is 25.7 Å². The summed E-state index contributed by atoms with van der Waals surface area (Å²) in [5, 5.41) is 7.17. The van der Waals surface area contributed by atoms with E-state index in [0.717, 1.165) is 18.8 Å². The van der Waals surface area contributed by atoms with Gasteiger partial charge in [0.25, 0.3) is 0 Å². The molecule has 18 heavy (non-hydrogen) atoms. The standard InChI is InChI=1S/C14H24N2OS/c1-12-11-18-13(16-12)14(15-9-10-17-2)7-5-3-4-6-8-14/h11,15H,3-10H2,1-2H3. The molecule has 102 valence electrons. The minimum absolute atomic E-state index is 0.105. The first-order valence-corrected chi connectivity index (χ1v) is 7.81. The molecule has 1 saturated carbocycles. The van der Waals surface area contributed by atoms with E-state index in [2.05, 4.69) is 17.6 Å². The number of rotatable bonds is 5. The van der Waals surface area contributed by atoms with Crippen molar-refractivity contribution < 1.29 is 4.74 Å². The Labute approximate surface area is 114 Å². The van der Waals surface area contributed by atoms with Gasteiger partial charge in [0.1, 0.15) is 5.01 Å². The highest BCUT2D eigenvalue weighted by atomic mass is 32.1. The Kier molecular flexibility index (Phi) is 5.15. The smallest absolute Gasteiger partial charge is 0.113 e. The Morgan fingerprint density at radius 2 is 2.06 bits per heavy atom. The largest absolute Gasteiger partial charge is 0.383 e.